The largest absolute Gasteiger partial charge is 0.295 e. The van der Waals surface area contributed by atoms with Crippen LogP contribution < -0.4 is 0 Å². The first-order valence-corrected chi connectivity index (χ1v) is 6.90. The number of rotatable bonds is 3. The molecule has 0 fully saturated rings. The summed E-state index contributed by atoms with van der Waals surface area (Å²) in [5.41, 5.74) is 3.73. The molecule has 0 aliphatic heterocycles. The minimum absolute atomic E-state index is 0.0116. The van der Waals surface area contributed by atoms with Gasteiger partial charge >= 0.3 is 0 Å². The smallest absolute Gasteiger partial charge is 0.159 e. The molecule has 0 radical (unpaired) electrons. The van der Waals surface area contributed by atoms with Gasteiger partial charge in [0.25, 0.3) is 0 Å². The molecule has 0 aromatic heterocycles. The fraction of sp³-hybridized carbons (Fsp3) is 0.471. The maximum atomic E-state index is 12.3. The second-order valence-corrected chi connectivity index (χ2v) is 5.49. The molecule has 0 spiro atoms. The number of allylic oxidation sites excluding steroid dienone is 2. The molecule has 1 heteroatoms. The van der Waals surface area contributed by atoms with Crippen molar-refractivity contribution in [3.05, 3.63) is 47.0 Å². The highest BCUT2D eigenvalue weighted by Crippen LogP contribution is 2.41. The van der Waals surface area contributed by atoms with Gasteiger partial charge in [0.2, 0.25) is 0 Å². The van der Waals surface area contributed by atoms with E-state index in [2.05, 4.69) is 45.0 Å². The van der Waals surface area contributed by atoms with E-state index in [-0.39, 0.29) is 5.41 Å². The summed E-state index contributed by atoms with van der Waals surface area (Å²) in [4.78, 5) is 12.3. The van der Waals surface area contributed by atoms with Crippen LogP contribution >= 0.6 is 0 Å². The third kappa shape index (κ3) is 2.27. The zero-order valence-corrected chi connectivity index (χ0v) is 11.6. The Morgan fingerprint density at radius 1 is 1.06 bits per heavy atom. The van der Waals surface area contributed by atoms with Crippen LogP contribution in [0, 0.1) is 0 Å². The molecule has 1 aromatic carbocycles. The molecular weight excluding hydrogens is 220 g/mol. The van der Waals surface area contributed by atoms with Gasteiger partial charge in [-0.15, -0.1) is 0 Å². The number of Topliss-reactive ketones (excluding diaryl/α,β-unsaturated/α-hetero) is 1. The van der Waals surface area contributed by atoms with Crippen LogP contribution in [0.25, 0.3) is 0 Å². The Morgan fingerprint density at radius 2 is 1.72 bits per heavy atom. The Morgan fingerprint density at radius 3 is 2.28 bits per heavy atom. The van der Waals surface area contributed by atoms with Crippen LogP contribution in [0.4, 0.5) is 0 Å². The Balaban J connectivity index is 2.40. The van der Waals surface area contributed by atoms with Gasteiger partial charge in [0, 0.05) is 11.8 Å². The Hall–Kier alpha value is -1.37. The third-order valence-electron chi connectivity index (χ3n) is 4.17. The van der Waals surface area contributed by atoms with Gasteiger partial charge in [-0.1, -0.05) is 56.7 Å². The molecule has 0 N–H and O–H groups in total. The van der Waals surface area contributed by atoms with E-state index in [4.69, 9.17) is 0 Å². The summed E-state index contributed by atoms with van der Waals surface area (Å²) < 4.78 is 0. The van der Waals surface area contributed by atoms with Crippen LogP contribution in [-0.4, -0.2) is 5.78 Å². The summed E-state index contributed by atoms with van der Waals surface area (Å²) in [6, 6.07) is 10.5. The normalized spacial score (nSPS) is 24.5. The van der Waals surface area contributed by atoms with E-state index in [1.54, 1.807) is 0 Å². The van der Waals surface area contributed by atoms with Crippen molar-refractivity contribution in [1.82, 2.24) is 0 Å². The first-order valence-electron chi connectivity index (χ1n) is 6.90. The van der Waals surface area contributed by atoms with Crippen LogP contribution in [0.3, 0.4) is 0 Å². The van der Waals surface area contributed by atoms with Crippen molar-refractivity contribution >= 4 is 5.78 Å². The second-order valence-electron chi connectivity index (χ2n) is 5.49. The number of hydrogen-bond donors (Lipinski definition) is 0. The topological polar surface area (TPSA) is 17.1 Å². The van der Waals surface area contributed by atoms with E-state index in [1.165, 1.54) is 11.1 Å². The van der Waals surface area contributed by atoms with Crippen LogP contribution in [0.5, 0.6) is 0 Å². The molecule has 1 aliphatic carbocycles. The van der Waals surface area contributed by atoms with Crippen molar-refractivity contribution in [3.63, 3.8) is 0 Å². The average molecular weight is 242 g/mol. The van der Waals surface area contributed by atoms with E-state index >= 15 is 0 Å². The van der Waals surface area contributed by atoms with E-state index in [1.807, 2.05) is 6.07 Å². The number of hydrogen-bond acceptors (Lipinski definition) is 1. The molecule has 96 valence electrons. The quantitative estimate of drug-likeness (QED) is 0.766. The highest BCUT2D eigenvalue weighted by molar-refractivity contribution is 5.98. The lowest BCUT2D eigenvalue weighted by Gasteiger charge is -2.36. The standard InChI is InChI=1S/C17H22O/c1-4-13-11-17(3,12-16(18)15(13)5-2)14-9-7-6-8-10-14/h6-10H,4-5,11-12H2,1-3H3. The van der Waals surface area contributed by atoms with Gasteiger partial charge < -0.3 is 0 Å². The van der Waals surface area contributed by atoms with Gasteiger partial charge in [-0.3, -0.25) is 4.79 Å². The maximum absolute atomic E-state index is 12.3. The molecule has 0 amide bonds. The molecule has 1 aromatic rings. The summed E-state index contributed by atoms with van der Waals surface area (Å²) in [6.07, 6.45) is 3.57. The fourth-order valence-electron chi connectivity index (χ4n) is 3.13. The van der Waals surface area contributed by atoms with Crippen molar-refractivity contribution in [3.8, 4) is 0 Å². The number of ketones is 1. The molecule has 1 aliphatic rings. The lowest BCUT2D eigenvalue weighted by molar-refractivity contribution is -0.117. The highest BCUT2D eigenvalue weighted by Gasteiger charge is 2.36. The van der Waals surface area contributed by atoms with E-state index < -0.39 is 0 Å². The van der Waals surface area contributed by atoms with Crippen LogP contribution in [-0.2, 0) is 10.2 Å². The zero-order chi connectivity index (χ0) is 13.2. The average Bonchev–Trinajstić information content (AvgIpc) is 2.39. The summed E-state index contributed by atoms with van der Waals surface area (Å²) in [7, 11) is 0. The number of carbonyl (C=O) groups excluding carboxylic acids is 1. The van der Waals surface area contributed by atoms with Gasteiger partial charge in [0.15, 0.2) is 5.78 Å². The summed E-state index contributed by atoms with van der Waals surface area (Å²) in [6.45, 7) is 6.48. The van der Waals surface area contributed by atoms with Gasteiger partial charge in [-0.25, -0.2) is 0 Å². The van der Waals surface area contributed by atoms with Crippen molar-refractivity contribution < 1.29 is 4.79 Å². The molecular formula is C17H22O. The minimum Gasteiger partial charge on any atom is -0.295 e. The van der Waals surface area contributed by atoms with Crippen LogP contribution in [0.1, 0.15) is 52.0 Å². The highest BCUT2D eigenvalue weighted by atomic mass is 16.1. The fourth-order valence-corrected chi connectivity index (χ4v) is 3.13. The van der Waals surface area contributed by atoms with Crippen LogP contribution in [0.2, 0.25) is 0 Å². The predicted molar refractivity (Wildman–Crippen MR) is 75.6 cm³/mol. The molecule has 0 saturated carbocycles. The molecule has 0 saturated heterocycles. The first-order chi connectivity index (χ1) is 8.60. The Kier molecular flexibility index (Phi) is 3.70. The lowest BCUT2D eigenvalue weighted by atomic mass is 9.67. The van der Waals surface area contributed by atoms with Crippen molar-refractivity contribution in [2.24, 2.45) is 0 Å². The van der Waals surface area contributed by atoms with Gasteiger partial charge in [0.05, 0.1) is 0 Å². The Bertz CT molecular complexity index is 470. The summed E-state index contributed by atoms with van der Waals surface area (Å²) in [5.74, 6) is 0.354. The SMILES string of the molecule is CCC1=C(CC)C(=O)CC(C)(c2ccccc2)C1. The minimum atomic E-state index is -0.0116. The van der Waals surface area contributed by atoms with Crippen molar-refractivity contribution in [1.29, 1.82) is 0 Å². The molecule has 0 heterocycles. The lowest BCUT2D eigenvalue weighted by Crippen LogP contribution is -2.32. The number of benzene rings is 1. The molecule has 1 atom stereocenters. The zero-order valence-electron chi connectivity index (χ0n) is 11.6. The van der Waals surface area contributed by atoms with E-state index in [9.17, 15) is 4.79 Å². The molecule has 1 nitrogen and oxygen atoms in total. The van der Waals surface area contributed by atoms with Crippen molar-refractivity contribution in [2.75, 3.05) is 0 Å². The van der Waals surface area contributed by atoms with E-state index in [0.29, 0.717) is 12.2 Å². The maximum Gasteiger partial charge on any atom is 0.159 e. The first kappa shape index (κ1) is 13.1. The molecule has 0 bridgehead atoms. The van der Waals surface area contributed by atoms with Gasteiger partial charge in [-0.2, -0.15) is 0 Å². The van der Waals surface area contributed by atoms with Crippen molar-refractivity contribution in [2.45, 2.75) is 51.9 Å². The van der Waals surface area contributed by atoms with Gasteiger partial charge in [-0.05, 0) is 30.4 Å². The molecule has 1 unspecified atom stereocenters. The second kappa shape index (κ2) is 5.09. The third-order valence-corrected chi connectivity index (χ3v) is 4.17. The number of carbonyl (C=O) groups is 1. The van der Waals surface area contributed by atoms with E-state index in [0.717, 1.165) is 24.8 Å². The van der Waals surface area contributed by atoms with Crippen LogP contribution in [0.15, 0.2) is 41.5 Å². The molecule has 18 heavy (non-hydrogen) atoms. The summed E-state index contributed by atoms with van der Waals surface area (Å²) in [5, 5.41) is 0. The molecule has 2 rings (SSSR count). The van der Waals surface area contributed by atoms with Gasteiger partial charge in [0.1, 0.15) is 0 Å². The summed E-state index contributed by atoms with van der Waals surface area (Å²) >= 11 is 0. The monoisotopic (exact) mass is 242 g/mol. The predicted octanol–water partition coefficient (Wildman–Crippen LogP) is 4.42. The Labute approximate surface area is 110 Å².